The van der Waals surface area contributed by atoms with Crippen molar-refractivity contribution in [3.8, 4) is 0 Å². The highest BCUT2D eigenvalue weighted by molar-refractivity contribution is 5.81. The molecule has 0 aliphatic rings. The van der Waals surface area contributed by atoms with Crippen LogP contribution in [0.4, 0.5) is 32.3 Å². The minimum absolute atomic E-state index is 0.224. The van der Waals surface area contributed by atoms with Crippen molar-refractivity contribution >= 4 is 11.9 Å². The maximum Gasteiger partial charge on any atom is 0.419 e. The fraction of sp³-hybridized carbons (Fsp3) is 0.706. The molecule has 0 aliphatic heterocycles. The summed E-state index contributed by atoms with van der Waals surface area (Å²) in [6.45, 7) is -4.06. The SMILES string of the molecule is CCC(NCC(OCCF)(OCCF)OCCF)(Nc1ncc(C(F)(F)F)cn1)C(=O)O. The van der Waals surface area contributed by atoms with Crippen LogP contribution in [0, 0.1) is 0 Å². The van der Waals surface area contributed by atoms with Gasteiger partial charge in [-0.1, -0.05) is 6.92 Å². The second kappa shape index (κ2) is 12.7. The molecule has 32 heavy (non-hydrogen) atoms. The van der Waals surface area contributed by atoms with Gasteiger partial charge in [-0.25, -0.2) is 27.9 Å². The molecule has 1 atom stereocenters. The van der Waals surface area contributed by atoms with Crippen molar-refractivity contribution in [2.75, 3.05) is 51.7 Å². The molecule has 0 bridgehead atoms. The zero-order chi connectivity index (χ0) is 24.3. The van der Waals surface area contributed by atoms with Crippen LogP contribution in [0.15, 0.2) is 12.4 Å². The lowest BCUT2D eigenvalue weighted by molar-refractivity contribution is -0.378. The average molecular weight is 478 g/mol. The zero-order valence-electron chi connectivity index (χ0n) is 17.1. The van der Waals surface area contributed by atoms with Gasteiger partial charge < -0.3 is 24.6 Å². The van der Waals surface area contributed by atoms with Crippen LogP contribution in [0.2, 0.25) is 0 Å². The van der Waals surface area contributed by atoms with E-state index in [1.807, 2.05) is 0 Å². The number of rotatable bonds is 16. The minimum atomic E-state index is -4.69. The lowest BCUT2D eigenvalue weighted by atomic mass is 10.1. The smallest absolute Gasteiger partial charge is 0.419 e. The van der Waals surface area contributed by atoms with Crippen LogP contribution in [0.25, 0.3) is 0 Å². The van der Waals surface area contributed by atoms with Gasteiger partial charge in [0.1, 0.15) is 20.0 Å². The maximum atomic E-state index is 12.7. The second-order valence-electron chi connectivity index (χ2n) is 6.13. The fourth-order valence-corrected chi connectivity index (χ4v) is 2.39. The third-order valence-electron chi connectivity index (χ3n) is 4.00. The number of nitrogens with zero attached hydrogens (tertiary/aromatic N) is 2. The Hall–Kier alpha value is -2.23. The average Bonchev–Trinajstić information content (AvgIpc) is 2.76. The van der Waals surface area contributed by atoms with E-state index in [1.165, 1.54) is 6.92 Å². The van der Waals surface area contributed by atoms with Crippen LogP contribution >= 0.6 is 0 Å². The van der Waals surface area contributed by atoms with Crippen molar-refractivity contribution in [1.82, 2.24) is 15.3 Å². The molecule has 15 heteroatoms. The Bertz CT molecular complexity index is 675. The summed E-state index contributed by atoms with van der Waals surface area (Å²) in [7, 11) is 0. The molecular formula is C17H24F6N4O5. The van der Waals surface area contributed by atoms with Gasteiger partial charge in [0, 0.05) is 12.4 Å². The quantitative estimate of drug-likeness (QED) is 0.243. The van der Waals surface area contributed by atoms with Crippen molar-refractivity contribution < 1.29 is 50.5 Å². The number of aliphatic carboxylic acids is 1. The molecular weight excluding hydrogens is 454 g/mol. The molecule has 1 rings (SSSR count). The molecule has 1 aromatic rings. The molecule has 0 aliphatic carbocycles. The maximum absolute atomic E-state index is 12.7. The number of carboxylic acids is 1. The molecule has 0 fully saturated rings. The lowest BCUT2D eigenvalue weighted by Gasteiger charge is -2.37. The van der Waals surface area contributed by atoms with Crippen molar-refractivity contribution in [3.63, 3.8) is 0 Å². The number of hydrogen-bond acceptors (Lipinski definition) is 8. The highest BCUT2D eigenvalue weighted by Crippen LogP contribution is 2.28. The van der Waals surface area contributed by atoms with Crippen molar-refractivity contribution in [2.45, 2.75) is 31.2 Å². The number of alkyl halides is 6. The second-order valence-corrected chi connectivity index (χ2v) is 6.13. The fourth-order valence-electron chi connectivity index (χ4n) is 2.39. The number of halogens is 6. The van der Waals surface area contributed by atoms with Crippen LogP contribution < -0.4 is 10.6 Å². The first-order valence-electron chi connectivity index (χ1n) is 9.33. The number of nitrogens with one attached hydrogen (secondary N) is 2. The Morgan fingerprint density at radius 3 is 1.81 bits per heavy atom. The molecule has 184 valence electrons. The molecule has 0 saturated carbocycles. The monoisotopic (exact) mass is 478 g/mol. The lowest BCUT2D eigenvalue weighted by Crippen LogP contribution is -2.63. The third kappa shape index (κ3) is 8.03. The van der Waals surface area contributed by atoms with Gasteiger partial charge in [-0.15, -0.1) is 0 Å². The molecule has 9 nitrogen and oxygen atoms in total. The summed E-state index contributed by atoms with van der Waals surface area (Å²) >= 11 is 0. The summed E-state index contributed by atoms with van der Waals surface area (Å²) in [5, 5.41) is 14.6. The molecule has 0 radical (unpaired) electrons. The Labute approximate surface area is 179 Å². The van der Waals surface area contributed by atoms with E-state index in [-0.39, 0.29) is 6.42 Å². The van der Waals surface area contributed by atoms with Crippen LogP contribution in [0.1, 0.15) is 18.9 Å². The van der Waals surface area contributed by atoms with Crippen LogP contribution in [0.5, 0.6) is 0 Å². The first kappa shape index (κ1) is 27.8. The van der Waals surface area contributed by atoms with E-state index in [1.54, 1.807) is 0 Å². The molecule has 1 heterocycles. The summed E-state index contributed by atoms with van der Waals surface area (Å²) in [4.78, 5) is 18.9. The topological polar surface area (TPSA) is 115 Å². The summed E-state index contributed by atoms with van der Waals surface area (Å²) in [6, 6.07) is 0. The van der Waals surface area contributed by atoms with Gasteiger partial charge in [0.05, 0.1) is 31.9 Å². The number of anilines is 1. The Morgan fingerprint density at radius 1 is 1.00 bits per heavy atom. The van der Waals surface area contributed by atoms with E-state index in [0.717, 1.165) is 0 Å². The van der Waals surface area contributed by atoms with Crippen molar-refractivity contribution in [2.24, 2.45) is 0 Å². The van der Waals surface area contributed by atoms with E-state index in [2.05, 4.69) is 20.6 Å². The van der Waals surface area contributed by atoms with Crippen LogP contribution in [-0.2, 0) is 25.2 Å². The van der Waals surface area contributed by atoms with Crippen molar-refractivity contribution in [1.29, 1.82) is 0 Å². The van der Waals surface area contributed by atoms with E-state index < -0.39 is 81.7 Å². The molecule has 0 spiro atoms. The van der Waals surface area contributed by atoms with E-state index in [9.17, 15) is 36.2 Å². The molecule has 1 unspecified atom stereocenters. The van der Waals surface area contributed by atoms with Crippen LogP contribution in [-0.4, -0.2) is 79.1 Å². The van der Waals surface area contributed by atoms with Crippen LogP contribution in [0.3, 0.4) is 0 Å². The first-order valence-corrected chi connectivity index (χ1v) is 9.33. The van der Waals surface area contributed by atoms with Gasteiger partial charge in [-0.05, 0) is 6.42 Å². The summed E-state index contributed by atoms with van der Waals surface area (Å²) < 4.78 is 91.3. The van der Waals surface area contributed by atoms with Gasteiger partial charge >= 0.3 is 12.1 Å². The number of ether oxygens (including phenoxy) is 3. The van der Waals surface area contributed by atoms with Gasteiger partial charge in [0.2, 0.25) is 5.95 Å². The predicted molar refractivity (Wildman–Crippen MR) is 97.8 cm³/mol. The molecule has 0 aromatic carbocycles. The third-order valence-corrected chi connectivity index (χ3v) is 4.00. The number of carbonyl (C=O) groups is 1. The van der Waals surface area contributed by atoms with Gasteiger partial charge in [0.15, 0.2) is 5.66 Å². The Morgan fingerprint density at radius 2 is 1.47 bits per heavy atom. The zero-order valence-corrected chi connectivity index (χ0v) is 17.1. The molecule has 0 saturated heterocycles. The van der Waals surface area contributed by atoms with Gasteiger partial charge in [-0.3, -0.25) is 5.32 Å². The highest BCUT2D eigenvalue weighted by Gasteiger charge is 2.43. The van der Waals surface area contributed by atoms with Gasteiger partial charge in [-0.2, -0.15) is 13.2 Å². The highest BCUT2D eigenvalue weighted by atomic mass is 19.4. The molecule has 1 aromatic heterocycles. The predicted octanol–water partition coefficient (Wildman–Crippen LogP) is 2.30. The van der Waals surface area contributed by atoms with E-state index in [0.29, 0.717) is 12.4 Å². The van der Waals surface area contributed by atoms with Gasteiger partial charge in [0.25, 0.3) is 5.97 Å². The number of hydrogen-bond donors (Lipinski definition) is 3. The largest absolute Gasteiger partial charge is 0.478 e. The standard InChI is InChI=1S/C17H24F6N4O5/c1-2-15(13(28)29,27-14-24-9-12(10-25-14)17(21,22)23)26-11-16(30-6-3-18,31-7-4-19)32-8-5-20/h9-10,26H,2-8,11H2,1H3,(H,28,29)(H,24,25,27). The Kier molecular flexibility index (Phi) is 11.0. The Balaban J connectivity index is 3.13. The molecule has 0 amide bonds. The van der Waals surface area contributed by atoms with E-state index >= 15 is 0 Å². The molecule has 3 N–H and O–H groups in total. The number of aromatic nitrogens is 2. The van der Waals surface area contributed by atoms with E-state index in [4.69, 9.17) is 14.2 Å². The normalized spacial score (nSPS) is 14.2. The summed E-state index contributed by atoms with van der Waals surface area (Å²) in [5.74, 6) is -4.23. The van der Waals surface area contributed by atoms with Crippen molar-refractivity contribution in [3.05, 3.63) is 18.0 Å². The minimum Gasteiger partial charge on any atom is -0.478 e. The first-order chi connectivity index (χ1) is 15.1. The summed E-state index contributed by atoms with van der Waals surface area (Å²) in [5.41, 5.74) is -3.24. The number of carboxylic acid groups (broad SMARTS) is 1. The summed E-state index contributed by atoms with van der Waals surface area (Å²) in [6.07, 6.45) is -4.00.